The summed E-state index contributed by atoms with van der Waals surface area (Å²) >= 11 is 6.04. The van der Waals surface area contributed by atoms with E-state index in [2.05, 4.69) is 10.5 Å². The van der Waals surface area contributed by atoms with Gasteiger partial charge in [0.1, 0.15) is 5.75 Å². The highest BCUT2D eigenvalue weighted by molar-refractivity contribution is 6.33. The van der Waals surface area contributed by atoms with E-state index in [1.165, 1.54) is 6.21 Å². The van der Waals surface area contributed by atoms with Crippen molar-refractivity contribution in [2.24, 2.45) is 11.0 Å². The van der Waals surface area contributed by atoms with E-state index in [0.29, 0.717) is 23.7 Å². The number of nitrogens with zero attached hydrogens (tertiary/aromatic N) is 2. The minimum Gasteiger partial charge on any atom is -0.494 e. The van der Waals surface area contributed by atoms with Crippen molar-refractivity contribution in [1.82, 2.24) is 5.43 Å². The van der Waals surface area contributed by atoms with Gasteiger partial charge >= 0.3 is 0 Å². The fraction of sp³-hybridized carbons (Fsp3) is 0.250. The lowest BCUT2D eigenvalue weighted by Gasteiger charge is -2.17. The van der Waals surface area contributed by atoms with Crippen molar-refractivity contribution in [2.45, 2.75) is 13.3 Å². The molecular formula is C20H20ClN3O3. The van der Waals surface area contributed by atoms with Crippen molar-refractivity contribution in [2.75, 3.05) is 18.1 Å². The van der Waals surface area contributed by atoms with E-state index < -0.39 is 5.92 Å². The van der Waals surface area contributed by atoms with Gasteiger partial charge in [-0.05, 0) is 37.3 Å². The largest absolute Gasteiger partial charge is 0.494 e. The Morgan fingerprint density at radius 1 is 1.30 bits per heavy atom. The summed E-state index contributed by atoms with van der Waals surface area (Å²) in [4.78, 5) is 26.2. The molecule has 1 heterocycles. The molecule has 3 rings (SSSR count). The highest BCUT2D eigenvalue weighted by Crippen LogP contribution is 2.27. The quantitative estimate of drug-likeness (QED) is 0.613. The molecule has 0 aliphatic carbocycles. The standard InChI is InChI=1S/C20H20ClN3O3/c1-2-27-17-9-7-16(8-10-17)24-13-15(11-19(24)25)20(26)23-22-12-14-5-3-4-6-18(14)21/h3-10,12,15H,2,11,13H2,1H3,(H,23,26)/b22-12-/t15-/m1/s1. The molecule has 0 unspecified atom stereocenters. The first-order chi connectivity index (χ1) is 13.1. The van der Waals surface area contributed by atoms with Crippen LogP contribution in [-0.2, 0) is 9.59 Å². The lowest BCUT2D eigenvalue weighted by molar-refractivity contribution is -0.126. The van der Waals surface area contributed by atoms with Crippen LogP contribution >= 0.6 is 11.6 Å². The van der Waals surface area contributed by atoms with Crippen LogP contribution in [0.2, 0.25) is 5.02 Å². The number of nitrogens with one attached hydrogen (secondary N) is 1. The summed E-state index contributed by atoms with van der Waals surface area (Å²) in [7, 11) is 0. The van der Waals surface area contributed by atoms with Crippen molar-refractivity contribution in [1.29, 1.82) is 0 Å². The second kappa shape index (κ2) is 8.68. The number of amides is 2. The third kappa shape index (κ3) is 4.65. The predicted molar refractivity (Wildman–Crippen MR) is 105 cm³/mol. The van der Waals surface area contributed by atoms with Crippen LogP contribution in [0.5, 0.6) is 5.75 Å². The topological polar surface area (TPSA) is 71.0 Å². The number of benzene rings is 2. The van der Waals surface area contributed by atoms with Gasteiger partial charge < -0.3 is 9.64 Å². The van der Waals surface area contributed by atoms with Crippen molar-refractivity contribution < 1.29 is 14.3 Å². The van der Waals surface area contributed by atoms with E-state index in [9.17, 15) is 9.59 Å². The molecule has 1 saturated heterocycles. The summed E-state index contributed by atoms with van der Waals surface area (Å²) in [5.74, 6) is -0.0851. The molecular weight excluding hydrogens is 366 g/mol. The molecule has 6 nitrogen and oxygen atoms in total. The van der Waals surface area contributed by atoms with Crippen molar-refractivity contribution in [3.05, 3.63) is 59.1 Å². The number of anilines is 1. The SMILES string of the molecule is CCOc1ccc(N2C[C@H](C(=O)N/N=C\c3ccccc3Cl)CC2=O)cc1. The summed E-state index contributed by atoms with van der Waals surface area (Å²) in [6.07, 6.45) is 1.64. The molecule has 1 aliphatic rings. The van der Waals surface area contributed by atoms with E-state index in [0.717, 1.165) is 11.4 Å². The Bertz CT molecular complexity index is 852. The molecule has 27 heavy (non-hydrogen) atoms. The molecule has 7 heteroatoms. The van der Waals surface area contributed by atoms with Crippen LogP contribution < -0.4 is 15.1 Å². The molecule has 1 atom stereocenters. The zero-order valence-electron chi connectivity index (χ0n) is 14.9. The number of hydrogen-bond acceptors (Lipinski definition) is 4. The number of carbonyl (C=O) groups is 2. The molecule has 1 fully saturated rings. The Hall–Kier alpha value is -2.86. The minimum absolute atomic E-state index is 0.0885. The smallest absolute Gasteiger partial charge is 0.245 e. The fourth-order valence-electron chi connectivity index (χ4n) is 2.86. The van der Waals surface area contributed by atoms with Crippen LogP contribution in [0.25, 0.3) is 0 Å². The van der Waals surface area contributed by atoms with Crippen LogP contribution in [-0.4, -0.2) is 31.2 Å². The average Bonchev–Trinajstić information content (AvgIpc) is 3.06. The Kier molecular flexibility index (Phi) is 6.08. The Morgan fingerprint density at radius 3 is 2.74 bits per heavy atom. The maximum atomic E-state index is 12.3. The molecule has 2 aromatic carbocycles. The number of hydrogen-bond donors (Lipinski definition) is 1. The summed E-state index contributed by atoms with van der Waals surface area (Å²) < 4.78 is 5.41. The molecule has 0 aromatic heterocycles. The zero-order valence-corrected chi connectivity index (χ0v) is 15.6. The monoisotopic (exact) mass is 385 g/mol. The van der Waals surface area contributed by atoms with Crippen LogP contribution in [0.1, 0.15) is 18.9 Å². The summed E-state index contributed by atoms with van der Waals surface area (Å²) in [6, 6.07) is 14.5. The first-order valence-electron chi connectivity index (χ1n) is 8.69. The van der Waals surface area contributed by atoms with E-state index in [1.807, 2.05) is 43.3 Å². The molecule has 140 valence electrons. The zero-order chi connectivity index (χ0) is 19.2. The molecule has 0 saturated carbocycles. The van der Waals surface area contributed by atoms with Crippen LogP contribution in [0.3, 0.4) is 0 Å². The van der Waals surface area contributed by atoms with Gasteiger partial charge in [0.15, 0.2) is 0 Å². The Balaban J connectivity index is 1.59. The first kappa shape index (κ1) is 18.9. The molecule has 0 radical (unpaired) electrons. The van der Waals surface area contributed by atoms with Crippen molar-refractivity contribution in [3.63, 3.8) is 0 Å². The van der Waals surface area contributed by atoms with E-state index in [1.54, 1.807) is 17.0 Å². The van der Waals surface area contributed by atoms with Crippen LogP contribution in [0, 0.1) is 5.92 Å². The van der Waals surface area contributed by atoms with Crippen LogP contribution in [0.15, 0.2) is 53.6 Å². The number of ether oxygens (including phenoxy) is 1. The summed E-state index contributed by atoms with van der Waals surface area (Å²) in [6.45, 7) is 2.81. The second-order valence-corrected chi connectivity index (χ2v) is 6.50. The molecule has 1 N–H and O–H groups in total. The number of rotatable bonds is 6. The van der Waals surface area contributed by atoms with E-state index in [-0.39, 0.29) is 18.2 Å². The highest BCUT2D eigenvalue weighted by Gasteiger charge is 2.35. The molecule has 1 aliphatic heterocycles. The van der Waals surface area contributed by atoms with E-state index in [4.69, 9.17) is 16.3 Å². The van der Waals surface area contributed by atoms with Gasteiger partial charge in [-0.1, -0.05) is 29.8 Å². The van der Waals surface area contributed by atoms with Gasteiger partial charge in [0.2, 0.25) is 11.8 Å². The molecule has 0 spiro atoms. The third-order valence-corrected chi connectivity index (χ3v) is 4.58. The van der Waals surface area contributed by atoms with Crippen molar-refractivity contribution >= 4 is 35.3 Å². The van der Waals surface area contributed by atoms with Gasteiger partial charge in [-0.2, -0.15) is 5.10 Å². The summed E-state index contributed by atoms with van der Waals surface area (Å²) in [5.41, 5.74) is 3.95. The van der Waals surface area contributed by atoms with Gasteiger partial charge in [0, 0.05) is 29.2 Å². The Morgan fingerprint density at radius 2 is 2.04 bits per heavy atom. The number of carbonyl (C=O) groups excluding carboxylic acids is 2. The normalized spacial score (nSPS) is 16.7. The number of hydrazone groups is 1. The highest BCUT2D eigenvalue weighted by atomic mass is 35.5. The Labute approximate surface area is 162 Å². The average molecular weight is 386 g/mol. The molecule has 2 amide bonds. The third-order valence-electron chi connectivity index (χ3n) is 4.24. The maximum absolute atomic E-state index is 12.3. The van der Waals surface area contributed by atoms with Gasteiger partial charge in [0.25, 0.3) is 0 Å². The predicted octanol–water partition coefficient (Wildman–Crippen LogP) is 3.24. The lowest BCUT2D eigenvalue weighted by Crippen LogP contribution is -2.30. The fourth-order valence-corrected chi connectivity index (χ4v) is 3.04. The number of halogens is 1. The maximum Gasteiger partial charge on any atom is 0.245 e. The molecule has 2 aromatic rings. The van der Waals surface area contributed by atoms with Crippen LogP contribution in [0.4, 0.5) is 5.69 Å². The van der Waals surface area contributed by atoms with Gasteiger partial charge in [-0.25, -0.2) is 5.43 Å². The van der Waals surface area contributed by atoms with Gasteiger partial charge in [-0.3, -0.25) is 9.59 Å². The van der Waals surface area contributed by atoms with Gasteiger partial charge in [-0.15, -0.1) is 0 Å². The van der Waals surface area contributed by atoms with Crippen molar-refractivity contribution in [3.8, 4) is 5.75 Å². The summed E-state index contributed by atoms with van der Waals surface area (Å²) in [5, 5.41) is 4.50. The second-order valence-electron chi connectivity index (χ2n) is 6.09. The minimum atomic E-state index is -0.451. The lowest BCUT2D eigenvalue weighted by atomic mass is 10.1. The van der Waals surface area contributed by atoms with Gasteiger partial charge in [0.05, 0.1) is 18.7 Å². The molecule has 0 bridgehead atoms. The van der Waals surface area contributed by atoms with E-state index >= 15 is 0 Å². The first-order valence-corrected chi connectivity index (χ1v) is 9.07.